The molecule has 0 amide bonds. The maximum absolute atomic E-state index is 13.1. The standard InChI is InChI=1S/C22H22ClN3O3S/c1-15(24-12-13-30-18-10-8-16(23)9-11-18)21-19(14-20(27)29-2)25-26(22(21)28)17-6-4-3-5-7-17/h3-11,25H,12-14H2,1-2H3. The lowest BCUT2D eigenvalue weighted by molar-refractivity contribution is -0.139. The van der Waals surface area contributed by atoms with Gasteiger partial charge in [0.1, 0.15) is 0 Å². The van der Waals surface area contributed by atoms with Crippen LogP contribution in [0.5, 0.6) is 0 Å². The number of H-pyrrole nitrogens is 1. The van der Waals surface area contributed by atoms with E-state index < -0.39 is 5.97 Å². The molecule has 30 heavy (non-hydrogen) atoms. The third kappa shape index (κ3) is 5.43. The zero-order valence-electron chi connectivity index (χ0n) is 16.7. The van der Waals surface area contributed by atoms with E-state index in [-0.39, 0.29) is 12.0 Å². The number of aromatic amines is 1. The molecule has 3 rings (SSSR count). The number of aromatic nitrogens is 2. The van der Waals surface area contributed by atoms with E-state index in [2.05, 4.69) is 10.1 Å². The number of ether oxygens (including phenoxy) is 1. The second-order valence-electron chi connectivity index (χ2n) is 6.46. The van der Waals surface area contributed by atoms with Gasteiger partial charge in [0, 0.05) is 27.9 Å². The molecule has 1 heterocycles. The van der Waals surface area contributed by atoms with E-state index in [4.69, 9.17) is 16.3 Å². The molecule has 0 saturated heterocycles. The number of aliphatic imine (C=N–C) groups is 1. The Morgan fingerprint density at radius 3 is 2.53 bits per heavy atom. The van der Waals surface area contributed by atoms with Crippen LogP contribution in [-0.2, 0) is 16.0 Å². The third-order valence-electron chi connectivity index (χ3n) is 4.41. The molecule has 2 aromatic carbocycles. The fourth-order valence-corrected chi connectivity index (χ4v) is 3.82. The highest BCUT2D eigenvalue weighted by Crippen LogP contribution is 2.20. The van der Waals surface area contributed by atoms with Crippen molar-refractivity contribution in [1.29, 1.82) is 0 Å². The average Bonchev–Trinajstić information content (AvgIpc) is 3.08. The van der Waals surface area contributed by atoms with Crippen molar-refractivity contribution in [3.05, 3.63) is 81.2 Å². The van der Waals surface area contributed by atoms with Gasteiger partial charge in [-0.1, -0.05) is 29.8 Å². The summed E-state index contributed by atoms with van der Waals surface area (Å²) in [4.78, 5) is 30.6. The number of rotatable bonds is 8. The molecule has 0 atom stereocenters. The van der Waals surface area contributed by atoms with Crippen LogP contribution in [0.25, 0.3) is 5.69 Å². The van der Waals surface area contributed by atoms with Gasteiger partial charge in [0.05, 0.1) is 30.5 Å². The number of nitrogens with one attached hydrogen (secondary N) is 1. The van der Waals surface area contributed by atoms with Crippen LogP contribution in [0, 0.1) is 0 Å². The van der Waals surface area contributed by atoms with E-state index in [1.807, 2.05) is 54.6 Å². The Morgan fingerprint density at radius 1 is 1.17 bits per heavy atom. The molecule has 0 bridgehead atoms. The topological polar surface area (TPSA) is 76.5 Å². The van der Waals surface area contributed by atoms with Gasteiger partial charge in [-0.15, -0.1) is 11.8 Å². The number of esters is 1. The molecular formula is C22H22ClN3O3S. The molecule has 156 valence electrons. The normalized spacial score (nSPS) is 11.5. The van der Waals surface area contributed by atoms with E-state index in [0.717, 1.165) is 10.6 Å². The number of benzene rings is 2. The van der Waals surface area contributed by atoms with Crippen molar-refractivity contribution in [2.24, 2.45) is 4.99 Å². The summed E-state index contributed by atoms with van der Waals surface area (Å²) < 4.78 is 6.20. The van der Waals surface area contributed by atoms with Crippen LogP contribution in [0.15, 0.2) is 69.3 Å². The van der Waals surface area contributed by atoms with Crippen molar-refractivity contribution < 1.29 is 9.53 Å². The highest BCUT2D eigenvalue weighted by molar-refractivity contribution is 7.99. The summed E-state index contributed by atoms with van der Waals surface area (Å²) in [6.45, 7) is 2.32. The number of carbonyl (C=O) groups is 1. The Balaban J connectivity index is 1.81. The van der Waals surface area contributed by atoms with Crippen molar-refractivity contribution >= 4 is 35.0 Å². The monoisotopic (exact) mass is 443 g/mol. The maximum Gasteiger partial charge on any atom is 0.311 e. The zero-order chi connectivity index (χ0) is 21.5. The first-order valence-corrected chi connectivity index (χ1v) is 10.7. The van der Waals surface area contributed by atoms with E-state index in [9.17, 15) is 9.59 Å². The fraction of sp³-hybridized carbons (Fsp3) is 0.227. The quantitative estimate of drug-likeness (QED) is 0.246. The Bertz CT molecular complexity index is 1090. The molecule has 0 radical (unpaired) electrons. The van der Waals surface area contributed by atoms with Crippen LogP contribution >= 0.6 is 23.4 Å². The van der Waals surface area contributed by atoms with Crippen molar-refractivity contribution in [1.82, 2.24) is 9.78 Å². The van der Waals surface area contributed by atoms with Gasteiger partial charge >= 0.3 is 5.97 Å². The van der Waals surface area contributed by atoms with Gasteiger partial charge in [-0.3, -0.25) is 19.7 Å². The van der Waals surface area contributed by atoms with Crippen LogP contribution < -0.4 is 5.56 Å². The Labute approximate surface area is 183 Å². The zero-order valence-corrected chi connectivity index (χ0v) is 18.3. The molecule has 0 spiro atoms. The molecule has 0 aliphatic heterocycles. The van der Waals surface area contributed by atoms with Crippen LogP contribution in [0.3, 0.4) is 0 Å². The number of carbonyl (C=O) groups excluding carboxylic acids is 1. The van der Waals surface area contributed by atoms with Gasteiger partial charge in [-0.2, -0.15) is 0 Å². The molecule has 1 aromatic heterocycles. The first-order valence-electron chi connectivity index (χ1n) is 9.35. The van der Waals surface area contributed by atoms with E-state index in [1.165, 1.54) is 11.8 Å². The highest BCUT2D eigenvalue weighted by Gasteiger charge is 2.20. The lowest BCUT2D eigenvalue weighted by Crippen LogP contribution is -2.20. The Morgan fingerprint density at radius 2 is 1.87 bits per heavy atom. The fourth-order valence-electron chi connectivity index (χ4n) is 2.95. The average molecular weight is 444 g/mol. The van der Waals surface area contributed by atoms with Crippen LogP contribution in [-0.4, -0.2) is 40.9 Å². The lowest BCUT2D eigenvalue weighted by atomic mass is 10.1. The van der Waals surface area contributed by atoms with E-state index in [0.29, 0.717) is 34.2 Å². The molecule has 6 nitrogen and oxygen atoms in total. The number of para-hydroxylation sites is 1. The first kappa shape index (κ1) is 21.9. The summed E-state index contributed by atoms with van der Waals surface area (Å²) in [6.07, 6.45) is -0.0344. The van der Waals surface area contributed by atoms with Crippen molar-refractivity contribution in [2.75, 3.05) is 19.4 Å². The van der Waals surface area contributed by atoms with Crippen LogP contribution in [0.4, 0.5) is 0 Å². The third-order valence-corrected chi connectivity index (χ3v) is 5.66. The molecule has 0 aliphatic rings. The summed E-state index contributed by atoms with van der Waals surface area (Å²) in [7, 11) is 1.32. The smallest absolute Gasteiger partial charge is 0.311 e. The minimum atomic E-state index is -0.427. The van der Waals surface area contributed by atoms with E-state index in [1.54, 1.807) is 18.7 Å². The van der Waals surface area contributed by atoms with Gasteiger partial charge in [-0.05, 0) is 43.3 Å². The predicted molar refractivity (Wildman–Crippen MR) is 121 cm³/mol. The second-order valence-corrected chi connectivity index (χ2v) is 8.07. The number of thioether (sulfide) groups is 1. The van der Waals surface area contributed by atoms with Crippen LogP contribution in [0.2, 0.25) is 5.02 Å². The summed E-state index contributed by atoms with van der Waals surface area (Å²) in [5.74, 6) is 0.326. The Kier molecular flexibility index (Phi) is 7.54. The van der Waals surface area contributed by atoms with Gasteiger partial charge in [0.15, 0.2) is 0 Å². The van der Waals surface area contributed by atoms with Gasteiger partial charge in [0.25, 0.3) is 5.56 Å². The molecular weight excluding hydrogens is 422 g/mol. The molecule has 8 heteroatoms. The molecule has 0 fully saturated rings. The molecule has 0 unspecified atom stereocenters. The number of nitrogens with zero attached hydrogens (tertiary/aromatic N) is 2. The minimum absolute atomic E-state index is 0.0344. The molecule has 3 aromatic rings. The van der Waals surface area contributed by atoms with Crippen molar-refractivity contribution in [3.63, 3.8) is 0 Å². The number of hydrogen-bond donors (Lipinski definition) is 1. The largest absolute Gasteiger partial charge is 0.469 e. The second kappa shape index (κ2) is 10.3. The molecule has 0 saturated carbocycles. The first-order chi connectivity index (χ1) is 14.5. The lowest BCUT2D eigenvalue weighted by Gasteiger charge is -2.03. The number of halogens is 1. The maximum atomic E-state index is 13.1. The number of methoxy groups -OCH3 is 1. The van der Waals surface area contributed by atoms with Crippen molar-refractivity contribution in [3.8, 4) is 5.69 Å². The summed E-state index contributed by atoms with van der Waals surface area (Å²) in [5.41, 5.74) is 1.92. The number of hydrogen-bond acceptors (Lipinski definition) is 5. The van der Waals surface area contributed by atoms with Crippen molar-refractivity contribution in [2.45, 2.75) is 18.2 Å². The summed E-state index contributed by atoms with van der Waals surface area (Å²) in [5, 5.41) is 3.74. The minimum Gasteiger partial charge on any atom is -0.469 e. The van der Waals surface area contributed by atoms with Gasteiger partial charge in [-0.25, -0.2) is 4.68 Å². The highest BCUT2D eigenvalue weighted by atomic mass is 35.5. The van der Waals surface area contributed by atoms with Gasteiger partial charge in [0.2, 0.25) is 0 Å². The van der Waals surface area contributed by atoms with Crippen LogP contribution in [0.1, 0.15) is 18.2 Å². The summed E-state index contributed by atoms with van der Waals surface area (Å²) in [6, 6.07) is 16.8. The SMILES string of the molecule is COC(=O)Cc1[nH]n(-c2ccccc2)c(=O)c1C(C)=NCCSc1ccc(Cl)cc1. The summed E-state index contributed by atoms with van der Waals surface area (Å²) >= 11 is 7.57. The molecule has 1 N–H and O–H groups in total. The molecule has 0 aliphatic carbocycles. The predicted octanol–water partition coefficient (Wildman–Crippen LogP) is 4.14. The Hall–Kier alpha value is -2.77. The van der Waals surface area contributed by atoms with Gasteiger partial charge < -0.3 is 4.74 Å². The van der Waals surface area contributed by atoms with E-state index >= 15 is 0 Å².